The molecule has 0 bridgehead atoms. The van der Waals surface area contributed by atoms with E-state index in [1.807, 2.05) is 0 Å². The minimum absolute atomic E-state index is 0.0890. The molecule has 1 N–H and O–H groups in total. The van der Waals surface area contributed by atoms with Gasteiger partial charge in [0.15, 0.2) is 11.6 Å². The van der Waals surface area contributed by atoms with Crippen LogP contribution >= 0.6 is 0 Å². The lowest BCUT2D eigenvalue weighted by Crippen LogP contribution is -2.45. The fourth-order valence-electron chi connectivity index (χ4n) is 5.68. The molecule has 1 aromatic heterocycles. The number of amides is 1. The molecule has 5 rings (SSSR count). The first kappa shape index (κ1) is 22.6. The third kappa shape index (κ3) is 4.59. The summed E-state index contributed by atoms with van der Waals surface area (Å²) in [6, 6.07) is 2.83. The summed E-state index contributed by atoms with van der Waals surface area (Å²) in [7, 11) is 0. The first-order valence-corrected chi connectivity index (χ1v) is 12.3. The molecule has 0 unspecified atom stereocenters. The van der Waals surface area contributed by atoms with Crippen LogP contribution in [0.5, 0.6) is 0 Å². The number of piperidine rings is 1. The van der Waals surface area contributed by atoms with Gasteiger partial charge in [0.2, 0.25) is 5.91 Å². The predicted molar refractivity (Wildman–Crippen MR) is 123 cm³/mol. The third-order valence-corrected chi connectivity index (χ3v) is 7.94. The normalized spacial score (nSPS) is 22.7. The molecule has 1 saturated heterocycles. The topological polar surface area (TPSA) is 59.3 Å². The molecule has 1 amide bonds. The first-order valence-electron chi connectivity index (χ1n) is 12.3. The van der Waals surface area contributed by atoms with Crippen molar-refractivity contribution in [2.24, 2.45) is 5.41 Å². The van der Waals surface area contributed by atoms with E-state index >= 15 is 0 Å². The summed E-state index contributed by atoms with van der Waals surface area (Å²) in [4.78, 5) is 28.3. The zero-order valence-electron chi connectivity index (χ0n) is 19.6. The average molecular weight is 461 g/mol. The van der Waals surface area contributed by atoms with Crippen LogP contribution in [0, 0.1) is 17.0 Å². The maximum absolute atomic E-state index is 14.2. The van der Waals surface area contributed by atoms with Gasteiger partial charge in [0, 0.05) is 43.3 Å². The average Bonchev–Trinajstić information content (AvgIpc) is 3.55. The smallest absolute Gasteiger partial charge is 0.329 e. The summed E-state index contributed by atoms with van der Waals surface area (Å²) in [5, 5.41) is 2.87. The largest absolute Gasteiger partial charge is 0.352 e. The van der Waals surface area contributed by atoms with E-state index in [4.69, 9.17) is 0 Å². The highest BCUT2D eigenvalue weighted by atomic mass is 19.2. The Morgan fingerprint density at radius 2 is 1.58 bits per heavy atom. The number of hydrogen-bond acceptors (Lipinski definition) is 3. The molecule has 180 valence electrons. The summed E-state index contributed by atoms with van der Waals surface area (Å²) in [5.74, 6) is -2.25. The second-order valence-corrected chi connectivity index (χ2v) is 11.0. The van der Waals surface area contributed by atoms with Crippen LogP contribution in [-0.2, 0) is 11.3 Å². The van der Waals surface area contributed by atoms with Crippen LogP contribution in [0.3, 0.4) is 0 Å². The van der Waals surface area contributed by atoms with Gasteiger partial charge >= 0.3 is 5.69 Å². The summed E-state index contributed by atoms with van der Waals surface area (Å²) >= 11 is 0. The number of likely N-dealkylation sites (tertiary alicyclic amines) is 1. The minimum Gasteiger partial charge on any atom is -0.352 e. The number of nitrogens with zero attached hydrogens (tertiary/aromatic N) is 3. The van der Waals surface area contributed by atoms with E-state index < -0.39 is 11.6 Å². The second kappa shape index (κ2) is 8.53. The molecule has 1 aromatic carbocycles. The Morgan fingerprint density at radius 1 is 0.970 bits per heavy atom. The minimum atomic E-state index is -1.01. The number of halogens is 2. The van der Waals surface area contributed by atoms with Crippen molar-refractivity contribution >= 4 is 16.9 Å². The molecule has 1 aliphatic heterocycles. The van der Waals surface area contributed by atoms with Crippen LogP contribution < -0.4 is 11.0 Å². The van der Waals surface area contributed by atoms with Gasteiger partial charge in [0.25, 0.3) is 0 Å². The fraction of sp³-hybridized carbons (Fsp3) is 0.680. The number of carbonyl (C=O) groups is 1. The predicted octanol–water partition coefficient (Wildman–Crippen LogP) is 3.97. The van der Waals surface area contributed by atoms with Crippen molar-refractivity contribution in [3.8, 4) is 0 Å². The van der Waals surface area contributed by atoms with E-state index in [0.717, 1.165) is 50.9 Å². The van der Waals surface area contributed by atoms with Crippen molar-refractivity contribution in [2.45, 2.75) is 89.9 Å². The van der Waals surface area contributed by atoms with Crippen molar-refractivity contribution in [3.63, 3.8) is 0 Å². The molecule has 6 nitrogen and oxygen atoms in total. The highest BCUT2D eigenvalue weighted by Crippen LogP contribution is 2.38. The fourth-order valence-corrected chi connectivity index (χ4v) is 5.68. The quantitative estimate of drug-likeness (QED) is 0.735. The molecule has 3 fully saturated rings. The van der Waals surface area contributed by atoms with Gasteiger partial charge in [-0.2, -0.15) is 0 Å². The number of fused-ring (bicyclic) bond motifs is 1. The Kier molecular flexibility index (Phi) is 5.83. The zero-order valence-corrected chi connectivity index (χ0v) is 19.6. The van der Waals surface area contributed by atoms with Gasteiger partial charge in [-0.05, 0) is 56.8 Å². The molecule has 0 atom stereocenters. The summed E-state index contributed by atoms with van der Waals surface area (Å²) in [6.45, 7) is 6.27. The van der Waals surface area contributed by atoms with E-state index in [2.05, 4.69) is 24.1 Å². The van der Waals surface area contributed by atoms with Crippen molar-refractivity contribution in [1.82, 2.24) is 19.4 Å². The van der Waals surface area contributed by atoms with Gasteiger partial charge in [0.05, 0.1) is 11.0 Å². The van der Waals surface area contributed by atoms with Gasteiger partial charge in [0.1, 0.15) is 6.54 Å². The van der Waals surface area contributed by atoms with Gasteiger partial charge in [-0.15, -0.1) is 0 Å². The van der Waals surface area contributed by atoms with Gasteiger partial charge in [-0.1, -0.05) is 13.8 Å². The monoisotopic (exact) mass is 460 g/mol. The Morgan fingerprint density at radius 3 is 2.18 bits per heavy atom. The lowest BCUT2D eigenvalue weighted by Gasteiger charge is -2.43. The molecule has 33 heavy (non-hydrogen) atoms. The van der Waals surface area contributed by atoms with Crippen LogP contribution in [0.25, 0.3) is 11.0 Å². The van der Waals surface area contributed by atoms with E-state index in [9.17, 15) is 18.4 Å². The number of imidazole rings is 1. The lowest BCUT2D eigenvalue weighted by molar-refractivity contribution is -0.121. The van der Waals surface area contributed by atoms with Crippen LogP contribution in [0.15, 0.2) is 16.9 Å². The first-order chi connectivity index (χ1) is 15.7. The van der Waals surface area contributed by atoms with E-state index in [0.29, 0.717) is 17.0 Å². The van der Waals surface area contributed by atoms with E-state index in [-0.39, 0.29) is 35.7 Å². The molecule has 2 aromatic rings. The molecular weight excluding hydrogens is 426 g/mol. The number of nitrogens with one attached hydrogen (secondary N) is 1. The number of hydrogen-bond donors (Lipinski definition) is 1. The van der Waals surface area contributed by atoms with Crippen molar-refractivity contribution in [3.05, 3.63) is 34.3 Å². The number of carbonyl (C=O) groups excluding carboxylic acids is 1. The van der Waals surface area contributed by atoms with E-state index in [1.165, 1.54) is 30.3 Å². The van der Waals surface area contributed by atoms with Crippen LogP contribution in [0.2, 0.25) is 0 Å². The molecular formula is C25H34F2N4O2. The van der Waals surface area contributed by atoms with Crippen LogP contribution in [0.1, 0.15) is 71.3 Å². The standard InChI is InChI=1S/C25H34F2N4O2/c1-25(2)9-5-17(6-10-25)29-11-7-18(8-12-29)31-22-14-20(27)19(26)13-21(22)30(24(31)33)15-23(32)28-16-3-4-16/h13-14,16-18H,3-12,15H2,1-2H3,(H,28,32). The Hall–Kier alpha value is -2.22. The van der Waals surface area contributed by atoms with Crippen LogP contribution in [0.4, 0.5) is 8.78 Å². The maximum Gasteiger partial charge on any atom is 0.329 e. The lowest BCUT2D eigenvalue weighted by atomic mass is 9.75. The van der Waals surface area contributed by atoms with Crippen molar-refractivity contribution in [1.29, 1.82) is 0 Å². The van der Waals surface area contributed by atoms with Crippen LogP contribution in [-0.4, -0.2) is 45.1 Å². The molecule has 3 aliphatic rings. The number of aromatic nitrogens is 2. The highest BCUT2D eigenvalue weighted by molar-refractivity contribution is 5.81. The SMILES string of the molecule is CC1(C)CCC(N2CCC(n3c(=O)n(CC(=O)NC4CC4)c4cc(F)c(F)cc43)CC2)CC1. The molecule has 8 heteroatoms. The molecule has 2 saturated carbocycles. The molecule has 0 spiro atoms. The van der Waals surface area contributed by atoms with Gasteiger partial charge in [-0.3, -0.25) is 13.9 Å². The Balaban J connectivity index is 1.37. The summed E-state index contributed by atoms with van der Waals surface area (Å²) < 4.78 is 31.1. The summed E-state index contributed by atoms with van der Waals surface area (Å²) in [6.07, 6.45) is 8.34. The number of benzene rings is 1. The third-order valence-electron chi connectivity index (χ3n) is 7.94. The van der Waals surface area contributed by atoms with Gasteiger partial charge in [-0.25, -0.2) is 13.6 Å². The zero-order chi connectivity index (χ0) is 23.3. The van der Waals surface area contributed by atoms with Crippen molar-refractivity contribution < 1.29 is 13.6 Å². The highest BCUT2D eigenvalue weighted by Gasteiger charge is 2.33. The van der Waals surface area contributed by atoms with E-state index in [1.54, 1.807) is 4.57 Å². The Labute approximate surface area is 192 Å². The summed E-state index contributed by atoms with van der Waals surface area (Å²) in [5.41, 5.74) is 0.714. The molecule has 0 radical (unpaired) electrons. The molecule has 2 heterocycles. The second-order valence-electron chi connectivity index (χ2n) is 11.0. The van der Waals surface area contributed by atoms with Gasteiger partial charge < -0.3 is 10.2 Å². The maximum atomic E-state index is 14.2. The number of rotatable bonds is 5. The molecule has 2 aliphatic carbocycles. The Bertz CT molecular complexity index is 1100. The van der Waals surface area contributed by atoms with Crippen molar-refractivity contribution in [2.75, 3.05) is 13.1 Å².